The molecule has 7 nitrogen and oxygen atoms in total. The van der Waals surface area contributed by atoms with Crippen LogP contribution >= 0.6 is 0 Å². The molecule has 0 atom stereocenters. The SMILES string of the molecule is c1ccc(-c2ccc(-c3nc(-c4ccc5oc6ccccc6c5c4)nc(-c4ccc5ccc6oc7ccc8nc(-c9ccccc9)oc8c7c6c5c4)n3)cc2)cc1. The normalized spacial score (nSPS) is 11.9. The van der Waals surface area contributed by atoms with Gasteiger partial charge in [-0.3, -0.25) is 0 Å². The number of furan rings is 2. The van der Waals surface area contributed by atoms with Gasteiger partial charge in [-0.05, 0) is 82.6 Å². The van der Waals surface area contributed by atoms with Crippen molar-refractivity contribution < 1.29 is 13.3 Å². The lowest BCUT2D eigenvalue weighted by Crippen LogP contribution is -2.00. The van der Waals surface area contributed by atoms with E-state index < -0.39 is 0 Å². The molecule has 0 bridgehead atoms. The largest absolute Gasteiger partial charge is 0.456 e. The summed E-state index contributed by atoms with van der Waals surface area (Å²) in [5.41, 5.74) is 10.4. The van der Waals surface area contributed by atoms with Gasteiger partial charge in [-0.25, -0.2) is 19.9 Å². The highest BCUT2D eigenvalue weighted by atomic mass is 16.4. The number of oxazole rings is 1. The molecule has 12 aromatic rings. The summed E-state index contributed by atoms with van der Waals surface area (Å²) in [7, 11) is 0. The van der Waals surface area contributed by atoms with E-state index in [0.29, 0.717) is 28.9 Å². The fraction of sp³-hybridized carbons (Fsp3) is 0. The van der Waals surface area contributed by atoms with Crippen LogP contribution in [0.15, 0.2) is 183 Å². The average Bonchev–Trinajstić information content (AvgIpc) is 4.00. The quantitative estimate of drug-likeness (QED) is 0.174. The Labute approximate surface area is 324 Å². The van der Waals surface area contributed by atoms with Crippen molar-refractivity contribution in [3.63, 3.8) is 0 Å². The molecule has 0 radical (unpaired) electrons. The van der Waals surface area contributed by atoms with Crippen LogP contribution in [-0.2, 0) is 0 Å². The molecule has 0 aliphatic carbocycles. The Bertz CT molecular complexity index is 3510. The third-order valence-electron chi connectivity index (χ3n) is 10.8. The maximum absolute atomic E-state index is 6.50. The first-order valence-corrected chi connectivity index (χ1v) is 18.8. The first-order chi connectivity index (χ1) is 28.2. The molecule has 0 aliphatic heterocycles. The summed E-state index contributed by atoms with van der Waals surface area (Å²) >= 11 is 0. The fourth-order valence-corrected chi connectivity index (χ4v) is 7.97. The van der Waals surface area contributed by atoms with E-state index in [4.69, 9.17) is 33.2 Å². The van der Waals surface area contributed by atoms with Gasteiger partial charge >= 0.3 is 0 Å². The van der Waals surface area contributed by atoms with Crippen molar-refractivity contribution >= 4 is 65.7 Å². The molecule has 0 unspecified atom stereocenters. The molecule has 0 amide bonds. The topological polar surface area (TPSA) is 91.0 Å². The van der Waals surface area contributed by atoms with Gasteiger partial charge in [-0.1, -0.05) is 109 Å². The molecule has 12 rings (SSSR count). The molecule has 4 heterocycles. The van der Waals surface area contributed by atoms with E-state index in [0.717, 1.165) is 93.5 Å². The van der Waals surface area contributed by atoms with Gasteiger partial charge in [0.15, 0.2) is 23.1 Å². The maximum Gasteiger partial charge on any atom is 0.227 e. The first kappa shape index (κ1) is 31.5. The Balaban J connectivity index is 1.06. The Morgan fingerprint density at radius 3 is 1.63 bits per heavy atom. The molecular formula is C50H28N4O3. The number of fused-ring (bicyclic) bond motifs is 10. The van der Waals surface area contributed by atoms with Crippen LogP contribution in [0.25, 0.3) is 122 Å². The monoisotopic (exact) mass is 732 g/mol. The second-order valence-electron chi connectivity index (χ2n) is 14.2. The molecule has 0 fully saturated rings. The van der Waals surface area contributed by atoms with Gasteiger partial charge in [-0.15, -0.1) is 0 Å². The smallest absolute Gasteiger partial charge is 0.227 e. The summed E-state index contributed by atoms with van der Waals surface area (Å²) in [6.07, 6.45) is 0. The molecular weight excluding hydrogens is 705 g/mol. The minimum absolute atomic E-state index is 0.558. The van der Waals surface area contributed by atoms with Crippen LogP contribution in [0.1, 0.15) is 0 Å². The molecule has 8 aromatic carbocycles. The minimum Gasteiger partial charge on any atom is -0.456 e. The van der Waals surface area contributed by atoms with Crippen molar-refractivity contribution in [1.29, 1.82) is 0 Å². The van der Waals surface area contributed by atoms with Crippen molar-refractivity contribution in [2.24, 2.45) is 0 Å². The molecule has 0 spiro atoms. The summed E-state index contributed by atoms with van der Waals surface area (Å²) in [6, 6.07) is 57.2. The van der Waals surface area contributed by atoms with Crippen LogP contribution in [0.3, 0.4) is 0 Å². The first-order valence-electron chi connectivity index (χ1n) is 18.8. The van der Waals surface area contributed by atoms with Crippen molar-refractivity contribution in [1.82, 2.24) is 19.9 Å². The van der Waals surface area contributed by atoms with Gasteiger partial charge in [0.1, 0.15) is 27.8 Å². The van der Waals surface area contributed by atoms with Crippen molar-refractivity contribution in [3.8, 4) is 56.7 Å². The minimum atomic E-state index is 0.558. The highest BCUT2D eigenvalue weighted by Gasteiger charge is 2.20. The fourth-order valence-electron chi connectivity index (χ4n) is 7.97. The zero-order chi connectivity index (χ0) is 37.5. The van der Waals surface area contributed by atoms with E-state index in [1.54, 1.807) is 0 Å². The van der Waals surface area contributed by atoms with Crippen LogP contribution in [0, 0.1) is 0 Å². The van der Waals surface area contributed by atoms with Crippen molar-refractivity contribution in [2.75, 3.05) is 0 Å². The lowest BCUT2D eigenvalue weighted by molar-refractivity contribution is 0.622. The van der Waals surface area contributed by atoms with E-state index in [1.165, 1.54) is 0 Å². The predicted molar refractivity (Wildman–Crippen MR) is 227 cm³/mol. The highest BCUT2D eigenvalue weighted by molar-refractivity contribution is 6.25. The van der Waals surface area contributed by atoms with Crippen LogP contribution in [0.2, 0.25) is 0 Å². The van der Waals surface area contributed by atoms with E-state index in [2.05, 4.69) is 72.8 Å². The van der Waals surface area contributed by atoms with Crippen molar-refractivity contribution in [2.45, 2.75) is 0 Å². The average molecular weight is 733 g/mol. The summed E-state index contributed by atoms with van der Waals surface area (Å²) in [5.74, 6) is 2.27. The van der Waals surface area contributed by atoms with Gasteiger partial charge in [0, 0.05) is 38.4 Å². The molecule has 266 valence electrons. The van der Waals surface area contributed by atoms with Crippen LogP contribution in [-0.4, -0.2) is 19.9 Å². The molecule has 4 aromatic heterocycles. The van der Waals surface area contributed by atoms with Gasteiger partial charge in [0.05, 0.1) is 5.39 Å². The third kappa shape index (κ3) is 5.13. The second kappa shape index (κ2) is 12.3. The molecule has 0 saturated heterocycles. The van der Waals surface area contributed by atoms with Crippen LogP contribution in [0.4, 0.5) is 0 Å². The number of benzene rings is 8. The Morgan fingerprint density at radius 1 is 0.316 bits per heavy atom. The van der Waals surface area contributed by atoms with E-state index in [1.807, 2.05) is 97.1 Å². The summed E-state index contributed by atoms with van der Waals surface area (Å²) < 4.78 is 19.1. The number of nitrogens with zero attached hydrogens (tertiary/aromatic N) is 4. The summed E-state index contributed by atoms with van der Waals surface area (Å²) in [5, 5.41) is 5.94. The molecule has 7 heteroatoms. The van der Waals surface area contributed by atoms with Crippen molar-refractivity contribution in [3.05, 3.63) is 170 Å². The van der Waals surface area contributed by atoms with E-state index >= 15 is 0 Å². The lowest BCUT2D eigenvalue weighted by atomic mass is 10.0. The zero-order valence-corrected chi connectivity index (χ0v) is 30.2. The van der Waals surface area contributed by atoms with Crippen LogP contribution < -0.4 is 0 Å². The summed E-state index contributed by atoms with van der Waals surface area (Å²) in [4.78, 5) is 20.2. The second-order valence-corrected chi connectivity index (χ2v) is 14.2. The highest BCUT2D eigenvalue weighted by Crippen LogP contribution is 2.41. The molecule has 0 saturated carbocycles. The van der Waals surface area contributed by atoms with Gasteiger partial charge in [0.25, 0.3) is 0 Å². The number of hydrogen-bond donors (Lipinski definition) is 0. The maximum atomic E-state index is 6.50. The lowest BCUT2D eigenvalue weighted by Gasteiger charge is -2.10. The standard InChI is InChI=1S/C50H28N4O3/c1-3-9-29(10-4-1)30-15-18-32(19-16-30)47-52-48(54-49(53-47)35-22-24-41-38(28-35)36-13-7-8-14-40(36)55-41)34-20-17-31-21-25-42-44(37(31)27-34)45-43(56-42)26-23-39-46(45)57-50(51-39)33-11-5-2-6-12-33/h1-28H. The summed E-state index contributed by atoms with van der Waals surface area (Å²) in [6.45, 7) is 0. The number of aromatic nitrogens is 4. The molecule has 0 N–H and O–H groups in total. The van der Waals surface area contributed by atoms with Gasteiger partial charge < -0.3 is 13.3 Å². The number of hydrogen-bond acceptors (Lipinski definition) is 7. The predicted octanol–water partition coefficient (Wildman–Crippen LogP) is 13.3. The van der Waals surface area contributed by atoms with E-state index in [-0.39, 0.29) is 0 Å². The van der Waals surface area contributed by atoms with E-state index in [9.17, 15) is 0 Å². The van der Waals surface area contributed by atoms with Gasteiger partial charge in [0.2, 0.25) is 5.89 Å². The van der Waals surface area contributed by atoms with Gasteiger partial charge in [-0.2, -0.15) is 0 Å². The number of para-hydroxylation sites is 1. The number of rotatable bonds is 5. The Morgan fingerprint density at radius 2 is 0.842 bits per heavy atom. The Hall–Kier alpha value is -7.90. The Kier molecular flexibility index (Phi) is 6.79. The molecule has 57 heavy (non-hydrogen) atoms. The molecule has 0 aliphatic rings. The third-order valence-corrected chi connectivity index (χ3v) is 10.8. The van der Waals surface area contributed by atoms with Crippen LogP contribution in [0.5, 0.6) is 0 Å². The zero-order valence-electron chi connectivity index (χ0n) is 30.2.